The van der Waals surface area contributed by atoms with Crippen LogP contribution >= 0.6 is 0 Å². The number of hydrogen-bond donors (Lipinski definition) is 1. The summed E-state index contributed by atoms with van der Waals surface area (Å²) in [4.78, 5) is 11.5. The van der Waals surface area contributed by atoms with Gasteiger partial charge in [0.05, 0.1) is 7.11 Å². The van der Waals surface area contributed by atoms with Gasteiger partial charge >= 0.3 is 5.97 Å². The van der Waals surface area contributed by atoms with Gasteiger partial charge in [-0.2, -0.15) is 0 Å². The van der Waals surface area contributed by atoms with E-state index in [0.717, 1.165) is 0 Å². The van der Waals surface area contributed by atoms with Crippen molar-refractivity contribution in [3.8, 4) is 0 Å². The summed E-state index contributed by atoms with van der Waals surface area (Å²) in [5.74, 6) is -0.196. The number of methoxy groups -OCH3 is 1. The van der Waals surface area contributed by atoms with E-state index in [2.05, 4.69) is 18.2 Å². The van der Waals surface area contributed by atoms with E-state index in [0.29, 0.717) is 6.42 Å². The van der Waals surface area contributed by atoms with Crippen molar-refractivity contribution in [3.63, 3.8) is 0 Å². The molecule has 0 aliphatic heterocycles. The average Bonchev–Trinajstić information content (AvgIpc) is 2.94. The van der Waals surface area contributed by atoms with E-state index in [1.807, 2.05) is 13.8 Å². The SMILES string of the molecule is COC(=O)C1(N)CC1c1cc(C)ccc1C. The minimum Gasteiger partial charge on any atom is -0.468 e. The number of ether oxygens (including phenoxy) is 1. The Balaban J connectivity index is 2.29. The lowest BCUT2D eigenvalue weighted by molar-refractivity contribution is -0.143. The van der Waals surface area contributed by atoms with Gasteiger partial charge < -0.3 is 10.5 Å². The van der Waals surface area contributed by atoms with Crippen molar-refractivity contribution in [2.45, 2.75) is 31.7 Å². The number of esters is 1. The number of nitrogens with two attached hydrogens (primary N) is 1. The highest BCUT2D eigenvalue weighted by Crippen LogP contribution is 2.51. The fourth-order valence-corrected chi connectivity index (χ4v) is 2.22. The molecule has 1 aromatic carbocycles. The van der Waals surface area contributed by atoms with Crippen molar-refractivity contribution in [3.05, 3.63) is 34.9 Å². The van der Waals surface area contributed by atoms with Crippen LogP contribution < -0.4 is 5.73 Å². The van der Waals surface area contributed by atoms with Crippen molar-refractivity contribution < 1.29 is 9.53 Å². The Bertz CT molecular complexity index is 442. The van der Waals surface area contributed by atoms with Crippen LogP contribution in [0.3, 0.4) is 0 Å². The maximum absolute atomic E-state index is 11.5. The van der Waals surface area contributed by atoms with Crippen LogP contribution in [0.25, 0.3) is 0 Å². The van der Waals surface area contributed by atoms with Gasteiger partial charge in [0, 0.05) is 5.92 Å². The van der Waals surface area contributed by atoms with E-state index in [4.69, 9.17) is 10.5 Å². The van der Waals surface area contributed by atoms with Crippen LogP contribution in [0.2, 0.25) is 0 Å². The van der Waals surface area contributed by atoms with Gasteiger partial charge in [-0.3, -0.25) is 4.79 Å². The highest BCUT2D eigenvalue weighted by atomic mass is 16.5. The van der Waals surface area contributed by atoms with Crippen LogP contribution in [-0.4, -0.2) is 18.6 Å². The predicted octanol–water partition coefficient (Wildman–Crippen LogP) is 1.66. The third-order valence-electron chi connectivity index (χ3n) is 3.38. The molecule has 2 unspecified atom stereocenters. The smallest absolute Gasteiger partial charge is 0.326 e. The van der Waals surface area contributed by atoms with Crippen molar-refractivity contribution >= 4 is 5.97 Å². The fraction of sp³-hybridized carbons (Fsp3) is 0.462. The number of rotatable bonds is 2. The molecule has 1 saturated carbocycles. The monoisotopic (exact) mass is 219 g/mol. The van der Waals surface area contributed by atoms with E-state index in [1.54, 1.807) is 0 Å². The summed E-state index contributed by atoms with van der Waals surface area (Å²) in [7, 11) is 1.38. The van der Waals surface area contributed by atoms with Crippen LogP contribution in [0.15, 0.2) is 18.2 Å². The molecule has 0 radical (unpaired) electrons. The Morgan fingerprint density at radius 3 is 2.81 bits per heavy atom. The molecule has 0 saturated heterocycles. The number of benzene rings is 1. The van der Waals surface area contributed by atoms with Gasteiger partial charge in [0.25, 0.3) is 0 Å². The number of aryl methyl sites for hydroxylation is 2. The zero-order valence-electron chi connectivity index (χ0n) is 9.91. The average molecular weight is 219 g/mol. The van der Waals surface area contributed by atoms with Gasteiger partial charge in [0.1, 0.15) is 5.54 Å². The number of carbonyl (C=O) groups is 1. The summed E-state index contributed by atoms with van der Waals surface area (Å²) >= 11 is 0. The van der Waals surface area contributed by atoms with Crippen LogP contribution in [-0.2, 0) is 9.53 Å². The Labute approximate surface area is 95.6 Å². The predicted molar refractivity (Wildman–Crippen MR) is 62.2 cm³/mol. The largest absolute Gasteiger partial charge is 0.468 e. The molecule has 16 heavy (non-hydrogen) atoms. The molecule has 2 rings (SSSR count). The maximum Gasteiger partial charge on any atom is 0.326 e. The molecule has 3 nitrogen and oxygen atoms in total. The standard InChI is InChI=1S/C13H17NO2/c1-8-4-5-9(2)10(6-8)11-7-13(11,14)12(15)16-3/h4-6,11H,7,14H2,1-3H3. The summed E-state index contributed by atoms with van der Waals surface area (Å²) in [6.07, 6.45) is 0.684. The van der Waals surface area contributed by atoms with Gasteiger partial charge in [0.15, 0.2) is 0 Å². The molecular formula is C13H17NO2. The highest BCUT2D eigenvalue weighted by molar-refractivity contribution is 5.86. The number of carbonyl (C=O) groups excluding carboxylic acids is 1. The first-order valence-electron chi connectivity index (χ1n) is 5.43. The Kier molecular flexibility index (Phi) is 2.50. The molecule has 1 aliphatic carbocycles. The molecule has 0 amide bonds. The summed E-state index contributed by atoms with van der Waals surface area (Å²) in [6, 6.07) is 6.25. The molecule has 3 heteroatoms. The summed E-state index contributed by atoms with van der Waals surface area (Å²) < 4.78 is 4.74. The third-order valence-corrected chi connectivity index (χ3v) is 3.38. The molecular weight excluding hydrogens is 202 g/mol. The summed E-state index contributed by atoms with van der Waals surface area (Å²) in [5, 5.41) is 0. The van der Waals surface area contributed by atoms with Crippen LogP contribution in [0, 0.1) is 13.8 Å². The molecule has 2 N–H and O–H groups in total. The van der Waals surface area contributed by atoms with E-state index < -0.39 is 5.54 Å². The summed E-state index contributed by atoms with van der Waals surface area (Å²) in [5.41, 5.74) is 8.78. The molecule has 1 aromatic rings. The Hall–Kier alpha value is -1.35. The van der Waals surface area contributed by atoms with E-state index in [-0.39, 0.29) is 11.9 Å². The summed E-state index contributed by atoms with van der Waals surface area (Å²) in [6.45, 7) is 4.09. The van der Waals surface area contributed by atoms with Gasteiger partial charge in [-0.15, -0.1) is 0 Å². The Morgan fingerprint density at radius 1 is 1.50 bits per heavy atom. The quantitative estimate of drug-likeness (QED) is 0.770. The topological polar surface area (TPSA) is 52.3 Å². The van der Waals surface area contributed by atoms with Crippen LogP contribution in [0.4, 0.5) is 0 Å². The van der Waals surface area contributed by atoms with Gasteiger partial charge in [-0.25, -0.2) is 0 Å². The normalized spacial score (nSPS) is 27.6. The second-order valence-corrected chi connectivity index (χ2v) is 4.65. The molecule has 86 valence electrons. The first-order chi connectivity index (χ1) is 7.49. The van der Waals surface area contributed by atoms with Crippen molar-refractivity contribution in [2.24, 2.45) is 5.73 Å². The molecule has 1 aliphatic rings. The zero-order valence-corrected chi connectivity index (χ0v) is 9.91. The second kappa shape index (κ2) is 3.59. The minimum absolute atomic E-state index is 0.111. The number of hydrogen-bond acceptors (Lipinski definition) is 3. The van der Waals surface area contributed by atoms with Crippen LogP contribution in [0.5, 0.6) is 0 Å². The van der Waals surface area contributed by atoms with E-state index in [9.17, 15) is 4.79 Å². The lowest BCUT2D eigenvalue weighted by Gasteiger charge is -2.11. The lowest BCUT2D eigenvalue weighted by atomic mass is 9.99. The first kappa shape index (κ1) is 11.1. The molecule has 0 spiro atoms. The van der Waals surface area contributed by atoms with Crippen molar-refractivity contribution in [2.75, 3.05) is 7.11 Å². The van der Waals surface area contributed by atoms with Gasteiger partial charge in [0.2, 0.25) is 0 Å². The third kappa shape index (κ3) is 1.61. The first-order valence-corrected chi connectivity index (χ1v) is 5.43. The minimum atomic E-state index is -0.798. The van der Waals surface area contributed by atoms with Gasteiger partial charge in [-0.05, 0) is 31.4 Å². The van der Waals surface area contributed by atoms with Gasteiger partial charge in [-0.1, -0.05) is 23.8 Å². The van der Waals surface area contributed by atoms with E-state index >= 15 is 0 Å². The second-order valence-electron chi connectivity index (χ2n) is 4.65. The van der Waals surface area contributed by atoms with Crippen molar-refractivity contribution in [1.29, 1.82) is 0 Å². The highest BCUT2D eigenvalue weighted by Gasteiger charge is 2.59. The molecule has 0 aromatic heterocycles. The zero-order chi connectivity index (χ0) is 11.9. The molecule has 1 fully saturated rings. The van der Waals surface area contributed by atoms with Crippen molar-refractivity contribution in [1.82, 2.24) is 0 Å². The Morgan fingerprint density at radius 2 is 2.19 bits per heavy atom. The maximum atomic E-state index is 11.5. The molecule has 0 bridgehead atoms. The van der Waals surface area contributed by atoms with E-state index in [1.165, 1.54) is 23.8 Å². The molecule has 2 atom stereocenters. The van der Waals surface area contributed by atoms with Crippen LogP contribution in [0.1, 0.15) is 29.0 Å². The molecule has 0 heterocycles. The fourth-order valence-electron chi connectivity index (χ4n) is 2.22. The lowest BCUT2D eigenvalue weighted by Crippen LogP contribution is -2.36.